The minimum Gasteiger partial charge on any atom is -0.481 e. The molecule has 0 radical (unpaired) electrons. The Morgan fingerprint density at radius 3 is 2.68 bits per heavy atom. The van der Waals surface area contributed by atoms with Gasteiger partial charge in [-0.3, -0.25) is 4.79 Å². The van der Waals surface area contributed by atoms with Crippen molar-refractivity contribution in [2.24, 2.45) is 17.6 Å². The SMILES string of the molecule is CC(CCCc1ccccc1F)CC(CN)C(=O)O. The molecule has 0 saturated carbocycles. The number of carbonyl (C=O) groups is 1. The van der Waals surface area contributed by atoms with E-state index in [0.29, 0.717) is 12.8 Å². The number of benzene rings is 1. The van der Waals surface area contributed by atoms with Crippen molar-refractivity contribution >= 4 is 5.97 Å². The lowest BCUT2D eigenvalue weighted by Crippen LogP contribution is -2.25. The first-order valence-electron chi connectivity index (χ1n) is 6.70. The summed E-state index contributed by atoms with van der Waals surface area (Å²) in [6.07, 6.45) is 3.03. The number of carboxylic acid groups (broad SMARTS) is 1. The summed E-state index contributed by atoms with van der Waals surface area (Å²) in [7, 11) is 0. The lowest BCUT2D eigenvalue weighted by Gasteiger charge is -2.16. The molecule has 0 amide bonds. The molecule has 1 rings (SSSR count). The van der Waals surface area contributed by atoms with Crippen molar-refractivity contribution in [1.82, 2.24) is 0 Å². The second-order valence-corrected chi connectivity index (χ2v) is 5.10. The molecule has 0 heterocycles. The lowest BCUT2D eigenvalue weighted by molar-refractivity contribution is -0.141. The Bertz CT molecular complexity index is 409. The third kappa shape index (κ3) is 5.39. The minimum atomic E-state index is -0.830. The van der Waals surface area contributed by atoms with Gasteiger partial charge in [-0.15, -0.1) is 0 Å². The summed E-state index contributed by atoms with van der Waals surface area (Å²) < 4.78 is 13.4. The van der Waals surface area contributed by atoms with Crippen LogP contribution in [-0.2, 0) is 11.2 Å². The Kier molecular flexibility index (Phi) is 6.50. The Hall–Kier alpha value is -1.42. The molecular weight excluding hydrogens is 245 g/mol. The zero-order valence-corrected chi connectivity index (χ0v) is 11.3. The van der Waals surface area contributed by atoms with Gasteiger partial charge in [-0.05, 0) is 36.8 Å². The zero-order valence-electron chi connectivity index (χ0n) is 11.3. The average molecular weight is 267 g/mol. The van der Waals surface area contributed by atoms with E-state index in [1.54, 1.807) is 12.1 Å². The molecule has 0 saturated heterocycles. The van der Waals surface area contributed by atoms with Crippen molar-refractivity contribution in [2.45, 2.75) is 32.6 Å². The predicted octanol–water partition coefficient (Wildman–Crippen LogP) is 2.83. The van der Waals surface area contributed by atoms with E-state index >= 15 is 0 Å². The number of hydrogen-bond acceptors (Lipinski definition) is 2. The number of halogens is 1. The molecule has 0 spiro atoms. The summed E-state index contributed by atoms with van der Waals surface area (Å²) in [6.45, 7) is 2.19. The number of nitrogens with two attached hydrogens (primary N) is 1. The molecule has 2 atom stereocenters. The summed E-state index contributed by atoms with van der Waals surface area (Å²) >= 11 is 0. The van der Waals surface area contributed by atoms with Crippen molar-refractivity contribution in [3.8, 4) is 0 Å². The van der Waals surface area contributed by atoms with Gasteiger partial charge in [-0.1, -0.05) is 31.5 Å². The number of hydrogen-bond donors (Lipinski definition) is 2. The molecule has 3 N–H and O–H groups in total. The van der Waals surface area contributed by atoms with E-state index in [2.05, 4.69) is 0 Å². The first-order chi connectivity index (χ1) is 9.04. The van der Waals surface area contributed by atoms with Crippen molar-refractivity contribution in [2.75, 3.05) is 6.54 Å². The first-order valence-corrected chi connectivity index (χ1v) is 6.70. The molecule has 0 aliphatic carbocycles. The monoisotopic (exact) mass is 267 g/mol. The summed E-state index contributed by atoms with van der Waals surface area (Å²) in [5.74, 6) is -1.18. The van der Waals surface area contributed by atoms with E-state index < -0.39 is 11.9 Å². The van der Waals surface area contributed by atoms with Gasteiger partial charge in [0.25, 0.3) is 0 Å². The highest BCUT2D eigenvalue weighted by Crippen LogP contribution is 2.19. The Morgan fingerprint density at radius 2 is 2.11 bits per heavy atom. The molecule has 0 aliphatic heterocycles. The van der Waals surface area contributed by atoms with Gasteiger partial charge in [0.05, 0.1) is 5.92 Å². The number of rotatable bonds is 8. The maximum Gasteiger partial charge on any atom is 0.307 e. The van der Waals surface area contributed by atoms with E-state index in [0.717, 1.165) is 18.4 Å². The van der Waals surface area contributed by atoms with E-state index in [9.17, 15) is 9.18 Å². The Morgan fingerprint density at radius 1 is 1.42 bits per heavy atom. The third-order valence-corrected chi connectivity index (χ3v) is 3.42. The van der Waals surface area contributed by atoms with Crippen LogP contribution in [0.1, 0.15) is 31.7 Å². The molecule has 0 aliphatic rings. The van der Waals surface area contributed by atoms with Crippen molar-refractivity contribution in [1.29, 1.82) is 0 Å². The van der Waals surface area contributed by atoms with Gasteiger partial charge in [0.1, 0.15) is 5.82 Å². The van der Waals surface area contributed by atoms with Crippen LogP contribution in [0.15, 0.2) is 24.3 Å². The normalized spacial score (nSPS) is 14.1. The topological polar surface area (TPSA) is 63.3 Å². The van der Waals surface area contributed by atoms with E-state index in [-0.39, 0.29) is 18.3 Å². The van der Waals surface area contributed by atoms with Crippen LogP contribution in [-0.4, -0.2) is 17.6 Å². The summed E-state index contributed by atoms with van der Waals surface area (Å²) in [5, 5.41) is 8.93. The molecule has 1 aromatic rings. The summed E-state index contributed by atoms with van der Waals surface area (Å²) in [6, 6.07) is 6.77. The number of aryl methyl sites for hydroxylation is 1. The molecule has 1 aromatic carbocycles. The molecule has 0 fully saturated rings. The van der Waals surface area contributed by atoms with Gasteiger partial charge < -0.3 is 10.8 Å². The Labute approximate surface area is 113 Å². The fourth-order valence-electron chi connectivity index (χ4n) is 2.24. The standard InChI is InChI=1S/C15H22FNO2/c1-11(9-13(10-17)15(18)19)5-4-7-12-6-2-3-8-14(12)16/h2-3,6,8,11,13H,4-5,7,9-10,17H2,1H3,(H,18,19). The van der Waals surface area contributed by atoms with Crippen LogP contribution in [0.5, 0.6) is 0 Å². The highest BCUT2D eigenvalue weighted by atomic mass is 19.1. The minimum absolute atomic E-state index is 0.166. The van der Waals surface area contributed by atoms with Crippen LogP contribution in [0.2, 0.25) is 0 Å². The van der Waals surface area contributed by atoms with Gasteiger partial charge in [0.2, 0.25) is 0 Å². The highest BCUT2D eigenvalue weighted by Gasteiger charge is 2.18. The molecule has 0 aromatic heterocycles. The maximum atomic E-state index is 13.4. The maximum absolute atomic E-state index is 13.4. The van der Waals surface area contributed by atoms with E-state index in [4.69, 9.17) is 10.8 Å². The number of aliphatic carboxylic acids is 1. The predicted molar refractivity (Wildman–Crippen MR) is 73.3 cm³/mol. The van der Waals surface area contributed by atoms with Crippen LogP contribution in [0.25, 0.3) is 0 Å². The van der Waals surface area contributed by atoms with Crippen LogP contribution in [0, 0.1) is 17.7 Å². The molecule has 0 bridgehead atoms. The largest absolute Gasteiger partial charge is 0.481 e. The van der Waals surface area contributed by atoms with E-state index in [1.807, 2.05) is 13.0 Å². The fourth-order valence-corrected chi connectivity index (χ4v) is 2.24. The van der Waals surface area contributed by atoms with E-state index in [1.165, 1.54) is 6.07 Å². The van der Waals surface area contributed by atoms with Gasteiger partial charge >= 0.3 is 5.97 Å². The van der Waals surface area contributed by atoms with Gasteiger partial charge in [0.15, 0.2) is 0 Å². The third-order valence-electron chi connectivity index (χ3n) is 3.42. The van der Waals surface area contributed by atoms with Crippen LogP contribution in [0.4, 0.5) is 4.39 Å². The fraction of sp³-hybridized carbons (Fsp3) is 0.533. The van der Waals surface area contributed by atoms with Crippen LogP contribution >= 0.6 is 0 Å². The molecule has 3 nitrogen and oxygen atoms in total. The second-order valence-electron chi connectivity index (χ2n) is 5.10. The molecular formula is C15H22FNO2. The smallest absolute Gasteiger partial charge is 0.307 e. The molecule has 19 heavy (non-hydrogen) atoms. The lowest BCUT2D eigenvalue weighted by atomic mass is 9.91. The highest BCUT2D eigenvalue weighted by molar-refractivity contribution is 5.70. The quantitative estimate of drug-likeness (QED) is 0.761. The first kappa shape index (κ1) is 15.6. The van der Waals surface area contributed by atoms with Gasteiger partial charge in [0, 0.05) is 6.54 Å². The zero-order chi connectivity index (χ0) is 14.3. The average Bonchev–Trinajstić information content (AvgIpc) is 2.38. The van der Waals surface area contributed by atoms with Crippen molar-refractivity contribution < 1.29 is 14.3 Å². The molecule has 4 heteroatoms. The van der Waals surface area contributed by atoms with Crippen molar-refractivity contribution in [3.05, 3.63) is 35.6 Å². The summed E-state index contributed by atoms with van der Waals surface area (Å²) in [4.78, 5) is 10.9. The van der Waals surface area contributed by atoms with Crippen molar-refractivity contribution in [3.63, 3.8) is 0 Å². The van der Waals surface area contributed by atoms with Gasteiger partial charge in [-0.25, -0.2) is 4.39 Å². The van der Waals surface area contributed by atoms with Crippen LogP contribution in [0.3, 0.4) is 0 Å². The Balaban J connectivity index is 2.33. The molecule has 106 valence electrons. The number of carboxylic acids is 1. The summed E-state index contributed by atoms with van der Waals surface area (Å²) in [5.41, 5.74) is 6.16. The van der Waals surface area contributed by atoms with Gasteiger partial charge in [-0.2, -0.15) is 0 Å². The molecule has 2 unspecified atom stereocenters. The second kappa shape index (κ2) is 7.89. The van der Waals surface area contributed by atoms with Crippen LogP contribution < -0.4 is 5.73 Å².